The molecule has 1 aliphatic heterocycles. The number of aromatic nitrogens is 3. The van der Waals surface area contributed by atoms with E-state index in [0.717, 1.165) is 5.56 Å². The maximum atomic E-state index is 12.0. The average molecular weight is 401 g/mol. The van der Waals surface area contributed by atoms with Gasteiger partial charge >= 0.3 is 0 Å². The molecule has 1 aromatic heterocycles. The molecule has 1 N–H and O–H groups in total. The zero-order valence-corrected chi connectivity index (χ0v) is 15.9. The van der Waals surface area contributed by atoms with Crippen LogP contribution < -0.4 is 5.32 Å². The maximum Gasteiger partial charge on any atom is 0.230 e. The van der Waals surface area contributed by atoms with E-state index < -0.39 is 9.84 Å². The molecule has 134 valence electrons. The van der Waals surface area contributed by atoms with Gasteiger partial charge in [-0.25, -0.2) is 8.42 Å². The molecule has 10 heteroatoms. The van der Waals surface area contributed by atoms with E-state index >= 15 is 0 Å². The van der Waals surface area contributed by atoms with E-state index in [0.29, 0.717) is 22.4 Å². The monoisotopic (exact) mass is 400 g/mol. The molecule has 25 heavy (non-hydrogen) atoms. The van der Waals surface area contributed by atoms with Crippen molar-refractivity contribution in [3.8, 4) is 11.4 Å². The fraction of sp³-hybridized carbons (Fsp3) is 0.400. The number of amides is 1. The topological polar surface area (TPSA) is 94.0 Å². The van der Waals surface area contributed by atoms with Crippen molar-refractivity contribution in [1.82, 2.24) is 20.1 Å². The number of nitrogens with one attached hydrogen (secondary N) is 1. The number of hydrogen-bond donors (Lipinski definition) is 1. The van der Waals surface area contributed by atoms with Crippen molar-refractivity contribution in [2.45, 2.75) is 17.6 Å². The van der Waals surface area contributed by atoms with Crippen molar-refractivity contribution >= 4 is 39.1 Å². The minimum atomic E-state index is -3.00. The highest BCUT2D eigenvalue weighted by molar-refractivity contribution is 7.99. The van der Waals surface area contributed by atoms with Gasteiger partial charge in [-0.3, -0.25) is 4.79 Å². The Morgan fingerprint density at radius 2 is 2.08 bits per heavy atom. The van der Waals surface area contributed by atoms with E-state index in [9.17, 15) is 13.2 Å². The van der Waals surface area contributed by atoms with Crippen LogP contribution in [0.4, 0.5) is 0 Å². The molecular formula is C15H17ClN4O3S2. The molecule has 1 aliphatic rings. The van der Waals surface area contributed by atoms with Crippen LogP contribution in [0.25, 0.3) is 11.4 Å². The summed E-state index contributed by atoms with van der Waals surface area (Å²) in [7, 11) is -1.18. The molecular weight excluding hydrogens is 384 g/mol. The van der Waals surface area contributed by atoms with Gasteiger partial charge in [-0.1, -0.05) is 23.4 Å². The molecule has 1 atom stereocenters. The van der Waals surface area contributed by atoms with Crippen molar-refractivity contribution in [2.75, 3.05) is 17.3 Å². The first-order valence-electron chi connectivity index (χ1n) is 7.62. The highest BCUT2D eigenvalue weighted by atomic mass is 35.5. The van der Waals surface area contributed by atoms with Gasteiger partial charge in [-0.05, 0) is 30.7 Å². The van der Waals surface area contributed by atoms with E-state index in [1.165, 1.54) is 11.8 Å². The third kappa shape index (κ3) is 4.53. The summed E-state index contributed by atoms with van der Waals surface area (Å²) in [5.41, 5.74) is 0.881. The van der Waals surface area contributed by atoms with Crippen LogP contribution in [0.3, 0.4) is 0 Å². The summed E-state index contributed by atoms with van der Waals surface area (Å²) >= 11 is 7.15. The first kappa shape index (κ1) is 18.2. The number of halogens is 1. The predicted octanol–water partition coefficient (Wildman–Crippen LogP) is 1.53. The number of sulfone groups is 1. The minimum absolute atomic E-state index is 0.0219. The normalized spacial score (nSPS) is 19.0. The fourth-order valence-electron chi connectivity index (χ4n) is 2.60. The Morgan fingerprint density at radius 1 is 1.36 bits per heavy atom. The second-order valence-electron chi connectivity index (χ2n) is 5.83. The lowest BCUT2D eigenvalue weighted by Gasteiger charge is -2.10. The van der Waals surface area contributed by atoms with E-state index in [2.05, 4.69) is 15.5 Å². The van der Waals surface area contributed by atoms with Crippen LogP contribution in [-0.2, 0) is 21.7 Å². The molecule has 2 heterocycles. The van der Waals surface area contributed by atoms with Gasteiger partial charge in [-0.15, -0.1) is 10.2 Å². The van der Waals surface area contributed by atoms with Crippen molar-refractivity contribution in [2.24, 2.45) is 7.05 Å². The van der Waals surface area contributed by atoms with Crippen LogP contribution in [0.2, 0.25) is 5.02 Å². The highest BCUT2D eigenvalue weighted by Crippen LogP contribution is 2.23. The van der Waals surface area contributed by atoms with E-state index in [4.69, 9.17) is 11.6 Å². The summed E-state index contributed by atoms with van der Waals surface area (Å²) in [6.07, 6.45) is 0.476. The zero-order chi connectivity index (χ0) is 18.0. The van der Waals surface area contributed by atoms with Crippen LogP contribution in [0.15, 0.2) is 29.4 Å². The lowest BCUT2D eigenvalue weighted by Crippen LogP contribution is -2.36. The highest BCUT2D eigenvalue weighted by Gasteiger charge is 2.28. The van der Waals surface area contributed by atoms with Gasteiger partial charge in [-0.2, -0.15) is 0 Å². The van der Waals surface area contributed by atoms with Crippen molar-refractivity contribution in [1.29, 1.82) is 0 Å². The van der Waals surface area contributed by atoms with Gasteiger partial charge in [0.05, 0.1) is 17.3 Å². The Hall–Kier alpha value is -1.58. The van der Waals surface area contributed by atoms with Gasteiger partial charge in [0.2, 0.25) is 5.91 Å². The van der Waals surface area contributed by atoms with Crippen molar-refractivity contribution in [3.63, 3.8) is 0 Å². The molecule has 3 rings (SSSR count). The van der Waals surface area contributed by atoms with Crippen LogP contribution in [0.5, 0.6) is 0 Å². The van der Waals surface area contributed by atoms with E-state index in [1.807, 2.05) is 19.2 Å². The molecule has 2 aromatic rings. The Bertz CT molecular complexity index is 881. The van der Waals surface area contributed by atoms with Crippen LogP contribution in [0.1, 0.15) is 6.42 Å². The summed E-state index contributed by atoms with van der Waals surface area (Å²) in [6.45, 7) is 0. The number of hydrogen-bond acceptors (Lipinski definition) is 6. The molecule has 1 aromatic carbocycles. The maximum absolute atomic E-state index is 12.0. The van der Waals surface area contributed by atoms with Crippen molar-refractivity contribution < 1.29 is 13.2 Å². The largest absolute Gasteiger partial charge is 0.352 e. The second-order valence-corrected chi connectivity index (χ2v) is 9.44. The first-order valence-corrected chi connectivity index (χ1v) is 10.8. The summed E-state index contributed by atoms with van der Waals surface area (Å²) in [5, 5.41) is 12.3. The number of thioether (sulfide) groups is 1. The van der Waals surface area contributed by atoms with Gasteiger partial charge < -0.3 is 9.88 Å². The molecule has 0 bridgehead atoms. The summed E-state index contributed by atoms with van der Waals surface area (Å²) in [5.74, 6) is 0.792. The molecule has 0 aliphatic carbocycles. The molecule has 7 nitrogen and oxygen atoms in total. The third-order valence-corrected chi connectivity index (χ3v) is 6.91. The lowest BCUT2D eigenvalue weighted by atomic mass is 10.2. The molecule has 1 fully saturated rings. The second kappa shape index (κ2) is 7.35. The van der Waals surface area contributed by atoms with Gasteiger partial charge in [0, 0.05) is 23.7 Å². The van der Waals surface area contributed by atoms with E-state index in [1.54, 1.807) is 16.7 Å². The molecule has 1 saturated heterocycles. The SMILES string of the molecule is Cn1c(SCC(=O)NC2CCS(=O)(=O)C2)nnc1-c1ccc(Cl)cc1. The fourth-order valence-corrected chi connectivity index (χ4v) is 5.12. The van der Waals surface area contributed by atoms with E-state index in [-0.39, 0.29) is 29.2 Å². The molecule has 1 amide bonds. The van der Waals surface area contributed by atoms with Crippen LogP contribution in [0, 0.1) is 0 Å². The number of rotatable bonds is 5. The summed E-state index contributed by atoms with van der Waals surface area (Å²) in [4.78, 5) is 12.0. The lowest BCUT2D eigenvalue weighted by molar-refractivity contribution is -0.119. The predicted molar refractivity (Wildman–Crippen MR) is 97.4 cm³/mol. The Labute approximate surface area is 155 Å². The minimum Gasteiger partial charge on any atom is -0.352 e. The Kier molecular flexibility index (Phi) is 5.35. The Balaban J connectivity index is 1.59. The Morgan fingerprint density at radius 3 is 2.72 bits per heavy atom. The zero-order valence-electron chi connectivity index (χ0n) is 13.5. The number of carbonyl (C=O) groups is 1. The van der Waals surface area contributed by atoms with Crippen LogP contribution >= 0.6 is 23.4 Å². The number of benzene rings is 1. The van der Waals surface area contributed by atoms with Gasteiger partial charge in [0.15, 0.2) is 20.8 Å². The van der Waals surface area contributed by atoms with Crippen molar-refractivity contribution in [3.05, 3.63) is 29.3 Å². The molecule has 0 saturated carbocycles. The average Bonchev–Trinajstić information content (AvgIpc) is 3.08. The number of carbonyl (C=O) groups excluding carboxylic acids is 1. The van der Waals surface area contributed by atoms with Gasteiger partial charge in [0.25, 0.3) is 0 Å². The summed E-state index contributed by atoms with van der Waals surface area (Å²) < 4.78 is 24.6. The smallest absolute Gasteiger partial charge is 0.230 e. The molecule has 1 unspecified atom stereocenters. The number of nitrogens with zero attached hydrogens (tertiary/aromatic N) is 3. The van der Waals surface area contributed by atoms with Gasteiger partial charge in [0.1, 0.15) is 0 Å². The standard InChI is InChI=1S/C15H17ClN4O3S2/c1-20-14(10-2-4-11(16)5-3-10)18-19-15(20)24-8-13(21)17-12-6-7-25(22,23)9-12/h2-5,12H,6-9H2,1H3,(H,17,21). The quantitative estimate of drug-likeness (QED) is 0.765. The molecule has 0 spiro atoms. The van der Waals surface area contributed by atoms with Crippen LogP contribution in [-0.4, -0.2) is 52.4 Å². The first-order chi connectivity index (χ1) is 11.8. The third-order valence-electron chi connectivity index (χ3n) is 3.87. The molecule has 0 radical (unpaired) electrons. The summed E-state index contributed by atoms with van der Waals surface area (Å²) in [6, 6.07) is 6.98.